The summed E-state index contributed by atoms with van der Waals surface area (Å²) in [5.41, 5.74) is 0. The lowest BCUT2D eigenvalue weighted by Crippen LogP contribution is -2.02. The molecule has 0 saturated carbocycles. The normalized spacial score (nSPS) is 13.8. The van der Waals surface area contributed by atoms with Crippen molar-refractivity contribution in [2.45, 2.75) is 13.8 Å². The monoisotopic (exact) mass is 212 g/mol. The van der Waals surface area contributed by atoms with Crippen LogP contribution in [0.15, 0.2) is 10.8 Å². The van der Waals surface area contributed by atoms with Gasteiger partial charge < -0.3 is 0 Å². The Labute approximate surface area is 73.1 Å². The molecule has 0 bridgehead atoms. The molecule has 0 aliphatic heterocycles. The van der Waals surface area contributed by atoms with Gasteiger partial charge in [-0.05, 0) is 0 Å². The smallest absolute Gasteiger partial charge is 0.172 e. The summed E-state index contributed by atoms with van der Waals surface area (Å²) in [5, 5.41) is 1.48. The average molecular weight is 212 g/mol. The molecule has 0 aromatic heterocycles. The zero-order chi connectivity index (χ0) is 9.83. The fourth-order valence-corrected chi connectivity index (χ4v) is 2.10. The average Bonchev–Trinajstić information content (AvgIpc) is 2.02. The molecule has 0 atom stereocenters. The third-order valence-electron chi connectivity index (χ3n) is 1.27. The van der Waals surface area contributed by atoms with Gasteiger partial charge in [0.05, 0.1) is 11.5 Å². The van der Waals surface area contributed by atoms with Crippen LogP contribution in [0.3, 0.4) is 0 Å². The first-order valence-electron chi connectivity index (χ1n) is 3.46. The van der Waals surface area contributed by atoms with Gasteiger partial charge in [-0.2, -0.15) is 0 Å². The molecule has 0 saturated heterocycles. The molecule has 0 aromatic carbocycles. The van der Waals surface area contributed by atoms with Gasteiger partial charge in [-0.15, -0.1) is 0 Å². The van der Waals surface area contributed by atoms with E-state index in [1.165, 1.54) is 13.8 Å². The third kappa shape index (κ3) is 4.50. The fraction of sp³-hybridized carbons (Fsp3) is 0.667. The Morgan fingerprint density at radius 3 is 1.25 bits per heavy atom. The molecule has 6 heteroatoms. The first-order chi connectivity index (χ1) is 5.33. The Balaban J connectivity index is 4.70. The maximum atomic E-state index is 10.8. The van der Waals surface area contributed by atoms with Gasteiger partial charge >= 0.3 is 0 Å². The van der Waals surface area contributed by atoms with Crippen LogP contribution in [-0.2, 0) is 19.7 Å². The van der Waals surface area contributed by atoms with Gasteiger partial charge in [-0.3, -0.25) is 0 Å². The Hall–Kier alpha value is -0.360. The minimum absolute atomic E-state index is 0.0806. The summed E-state index contributed by atoms with van der Waals surface area (Å²) in [7, 11) is -6.64. The van der Waals surface area contributed by atoms with E-state index < -0.39 is 19.7 Å². The topological polar surface area (TPSA) is 68.3 Å². The quantitative estimate of drug-likeness (QED) is 0.673. The summed E-state index contributed by atoms with van der Waals surface area (Å²) in [6, 6.07) is 0. The highest BCUT2D eigenvalue weighted by Crippen LogP contribution is 1.97. The van der Waals surface area contributed by atoms with Crippen LogP contribution < -0.4 is 0 Å². The second kappa shape index (κ2) is 4.04. The molecule has 0 spiro atoms. The van der Waals surface area contributed by atoms with E-state index in [0.29, 0.717) is 0 Å². The fourth-order valence-electron chi connectivity index (χ4n) is 0.362. The first kappa shape index (κ1) is 11.6. The predicted molar refractivity (Wildman–Crippen MR) is 48.1 cm³/mol. The standard InChI is InChI=1S/C6H12O4S2/c1-3-11(7,8)5-6-12(9,10)4-2/h5-6H,3-4H2,1-2H3/b6-5+. The molecule has 0 rings (SSSR count). The van der Waals surface area contributed by atoms with Crippen molar-refractivity contribution in [1.82, 2.24) is 0 Å². The van der Waals surface area contributed by atoms with Gasteiger partial charge in [0.1, 0.15) is 0 Å². The van der Waals surface area contributed by atoms with Crippen molar-refractivity contribution in [3.05, 3.63) is 10.8 Å². The van der Waals surface area contributed by atoms with E-state index in [1.807, 2.05) is 0 Å². The molecule has 4 nitrogen and oxygen atoms in total. The first-order valence-corrected chi connectivity index (χ1v) is 6.89. The second-order valence-corrected chi connectivity index (χ2v) is 6.53. The summed E-state index contributed by atoms with van der Waals surface area (Å²) in [6.07, 6.45) is 0. The van der Waals surface area contributed by atoms with Gasteiger partial charge in [0.2, 0.25) is 0 Å². The van der Waals surface area contributed by atoms with Crippen molar-refractivity contribution in [2.75, 3.05) is 11.5 Å². The van der Waals surface area contributed by atoms with Crippen molar-refractivity contribution in [3.63, 3.8) is 0 Å². The van der Waals surface area contributed by atoms with E-state index in [0.717, 1.165) is 10.8 Å². The van der Waals surface area contributed by atoms with E-state index >= 15 is 0 Å². The molecule has 0 unspecified atom stereocenters. The molecule has 0 aromatic rings. The molecule has 0 aliphatic carbocycles. The van der Waals surface area contributed by atoms with Crippen LogP contribution in [0.2, 0.25) is 0 Å². The summed E-state index contributed by atoms with van der Waals surface area (Å²) in [6.45, 7) is 2.91. The van der Waals surface area contributed by atoms with Gasteiger partial charge in [-0.1, -0.05) is 13.8 Å². The van der Waals surface area contributed by atoms with Crippen molar-refractivity contribution >= 4 is 19.7 Å². The van der Waals surface area contributed by atoms with Gasteiger partial charge in [0, 0.05) is 10.8 Å². The number of hydrogen-bond acceptors (Lipinski definition) is 4. The van der Waals surface area contributed by atoms with Crippen LogP contribution in [0, 0.1) is 0 Å². The summed E-state index contributed by atoms with van der Waals surface area (Å²) < 4.78 is 43.2. The summed E-state index contributed by atoms with van der Waals surface area (Å²) in [4.78, 5) is 0. The van der Waals surface area contributed by atoms with Crippen molar-refractivity contribution < 1.29 is 16.8 Å². The molecule has 0 N–H and O–H groups in total. The molecular weight excluding hydrogens is 200 g/mol. The highest BCUT2D eigenvalue weighted by atomic mass is 32.2. The minimum Gasteiger partial charge on any atom is -0.224 e. The Morgan fingerprint density at radius 2 is 1.08 bits per heavy atom. The third-order valence-corrected chi connectivity index (χ3v) is 4.16. The van der Waals surface area contributed by atoms with Crippen molar-refractivity contribution in [2.24, 2.45) is 0 Å². The van der Waals surface area contributed by atoms with E-state index in [9.17, 15) is 16.8 Å². The Morgan fingerprint density at radius 1 is 0.833 bits per heavy atom. The van der Waals surface area contributed by atoms with Crippen LogP contribution in [0.4, 0.5) is 0 Å². The molecule has 0 fully saturated rings. The highest BCUT2D eigenvalue weighted by molar-refractivity contribution is 7.97. The molecule has 0 aliphatic rings. The predicted octanol–water partition coefficient (Wildman–Crippen LogP) is 0.327. The van der Waals surface area contributed by atoms with Crippen molar-refractivity contribution in [3.8, 4) is 0 Å². The molecule has 72 valence electrons. The zero-order valence-corrected chi connectivity index (χ0v) is 8.65. The van der Waals surface area contributed by atoms with Crippen LogP contribution in [0.1, 0.15) is 13.8 Å². The van der Waals surface area contributed by atoms with Crippen LogP contribution >= 0.6 is 0 Å². The SMILES string of the molecule is CCS(=O)(=O)/C=C/S(=O)(=O)CC. The highest BCUT2D eigenvalue weighted by Gasteiger charge is 2.05. The van der Waals surface area contributed by atoms with E-state index in [-0.39, 0.29) is 11.5 Å². The van der Waals surface area contributed by atoms with Gasteiger partial charge in [-0.25, -0.2) is 16.8 Å². The van der Waals surface area contributed by atoms with E-state index in [1.54, 1.807) is 0 Å². The summed E-state index contributed by atoms with van der Waals surface area (Å²) in [5.74, 6) is -0.161. The summed E-state index contributed by atoms with van der Waals surface area (Å²) >= 11 is 0. The molecule has 12 heavy (non-hydrogen) atoms. The molecular formula is C6H12O4S2. The van der Waals surface area contributed by atoms with E-state index in [2.05, 4.69) is 0 Å². The Bertz CT molecular complexity index is 311. The maximum Gasteiger partial charge on any atom is 0.172 e. The van der Waals surface area contributed by atoms with Crippen molar-refractivity contribution in [1.29, 1.82) is 0 Å². The lowest BCUT2D eigenvalue weighted by molar-refractivity contribution is 0.601. The van der Waals surface area contributed by atoms with Crippen LogP contribution in [-0.4, -0.2) is 28.3 Å². The van der Waals surface area contributed by atoms with Crippen LogP contribution in [0.25, 0.3) is 0 Å². The number of rotatable bonds is 4. The molecule has 0 amide bonds. The van der Waals surface area contributed by atoms with Gasteiger partial charge in [0.25, 0.3) is 0 Å². The van der Waals surface area contributed by atoms with Gasteiger partial charge in [0.15, 0.2) is 19.7 Å². The molecule has 0 heterocycles. The second-order valence-electron chi connectivity index (χ2n) is 2.18. The van der Waals surface area contributed by atoms with E-state index in [4.69, 9.17) is 0 Å². The lowest BCUT2D eigenvalue weighted by atomic mass is 11.0. The zero-order valence-electron chi connectivity index (χ0n) is 7.02. The number of sulfone groups is 2. The minimum atomic E-state index is -3.32. The molecule has 0 radical (unpaired) electrons. The van der Waals surface area contributed by atoms with Crippen LogP contribution in [0.5, 0.6) is 0 Å². The largest absolute Gasteiger partial charge is 0.224 e. The maximum absolute atomic E-state index is 10.8. The lowest BCUT2D eigenvalue weighted by Gasteiger charge is -1.92. The number of hydrogen-bond donors (Lipinski definition) is 0. The Kier molecular flexibility index (Phi) is 3.92.